The number of thiophene rings is 1. The third-order valence-corrected chi connectivity index (χ3v) is 5.33. The van der Waals surface area contributed by atoms with Crippen LogP contribution in [0.15, 0.2) is 24.3 Å². The average Bonchev–Trinajstić information content (AvgIpc) is 2.84. The quantitative estimate of drug-likeness (QED) is 0.781. The molecule has 0 bridgehead atoms. The first-order chi connectivity index (χ1) is 11.0. The third kappa shape index (κ3) is 3.24. The van der Waals surface area contributed by atoms with E-state index in [1.54, 1.807) is 24.3 Å². The Kier molecular flexibility index (Phi) is 4.39. The van der Waals surface area contributed by atoms with Gasteiger partial charge >= 0.3 is 0 Å². The molecule has 1 aromatic heterocycles. The monoisotopic (exact) mass is 350 g/mol. The van der Waals surface area contributed by atoms with Gasteiger partial charge in [-0.15, -0.1) is 11.3 Å². The fraction of sp³-hybridized carbons (Fsp3) is 0.250. The molecule has 2 heterocycles. The maximum atomic E-state index is 12.4. The second-order valence-electron chi connectivity index (χ2n) is 5.67. The molecule has 2 amide bonds. The van der Waals surface area contributed by atoms with Crippen LogP contribution in [0.5, 0.6) is 0 Å². The SMILES string of the molecule is C[NH+]1CCc2c(sc(NC(=O)c3ccc(Cl)cc3)c2C(N)=O)C1. The predicted octanol–water partition coefficient (Wildman–Crippen LogP) is 1.32. The first-order valence-corrected chi connectivity index (χ1v) is 8.47. The van der Waals surface area contributed by atoms with E-state index in [9.17, 15) is 9.59 Å². The first kappa shape index (κ1) is 16.0. The highest BCUT2D eigenvalue weighted by molar-refractivity contribution is 7.17. The lowest BCUT2D eigenvalue weighted by atomic mass is 10.0. The van der Waals surface area contributed by atoms with Crippen molar-refractivity contribution in [1.29, 1.82) is 0 Å². The van der Waals surface area contributed by atoms with Gasteiger partial charge in [0, 0.05) is 17.0 Å². The first-order valence-electron chi connectivity index (χ1n) is 7.28. The molecule has 7 heteroatoms. The summed E-state index contributed by atoms with van der Waals surface area (Å²) in [5.74, 6) is -0.767. The minimum atomic E-state index is -0.492. The summed E-state index contributed by atoms with van der Waals surface area (Å²) in [4.78, 5) is 26.7. The van der Waals surface area contributed by atoms with Crippen molar-refractivity contribution in [3.63, 3.8) is 0 Å². The standard InChI is InChI=1S/C16H16ClN3O2S/c1-20-7-6-11-12(8-20)23-16(13(11)14(18)21)19-15(22)9-2-4-10(17)5-3-9/h2-5H,6-8H2,1H3,(H2,18,21)(H,19,22)/p+1. The third-order valence-electron chi connectivity index (χ3n) is 3.93. The number of halogens is 1. The molecular weight excluding hydrogens is 334 g/mol. The van der Waals surface area contributed by atoms with E-state index in [1.165, 1.54) is 16.2 Å². The summed E-state index contributed by atoms with van der Waals surface area (Å²) in [5.41, 5.74) is 7.47. The molecule has 5 nitrogen and oxygen atoms in total. The molecular formula is C16H17ClN3O2S+. The number of rotatable bonds is 3. The number of carbonyl (C=O) groups is 2. The van der Waals surface area contributed by atoms with E-state index in [0.29, 0.717) is 21.2 Å². The Morgan fingerprint density at radius 3 is 2.65 bits per heavy atom. The van der Waals surface area contributed by atoms with E-state index in [2.05, 4.69) is 12.4 Å². The largest absolute Gasteiger partial charge is 0.365 e. The van der Waals surface area contributed by atoms with Crippen molar-refractivity contribution in [2.75, 3.05) is 18.9 Å². The van der Waals surface area contributed by atoms with E-state index < -0.39 is 5.91 Å². The molecule has 1 unspecified atom stereocenters. The van der Waals surface area contributed by atoms with Crippen LogP contribution in [0.1, 0.15) is 31.2 Å². The van der Waals surface area contributed by atoms with Crippen LogP contribution in [-0.2, 0) is 13.0 Å². The Labute approximate surface area is 143 Å². The summed E-state index contributed by atoms with van der Waals surface area (Å²) >= 11 is 7.27. The number of benzene rings is 1. The number of primary amides is 1. The molecule has 0 aliphatic carbocycles. The minimum Gasteiger partial charge on any atom is -0.365 e. The summed E-state index contributed by atoms with van der Waals surface area (Å²) in [5, 5.41) is 3.93. The number of nitrogens with one attached hydrogen (secondary N) is 2. The maximum Gasteiger partial charge on any atom is 0.256 e. The van der Waals surface area contributed by atoms with Crippen LogP contribution < -0.4 is 16.0 Å². The van der Waals surface area contributed by atoms with Gasteiger partial charge in [0.25, 0.3) is 11.8 Å². The summed E-state index contributed by atoms with van der Waals surface area (Å²) in [6.45, 7) is 1.80. The van der Waals surface area contributed by atoms with Crippen LogP contribution in [0.25, 0.3) is 0 Å². The number of likely N-dealkylation sites (N-methyl/N-ethyl adjacent to an activating group) is 1. The highest BCUT2D eigenvalue weighted by Gasteiger charge is 2.28. The van der Waals surface area contributed by atoms with Crippen molar-refractivity contribution < 1.29 is 14.5 Å². The zero-order valence-corrected chi connectivity index (χ0v) is 14.2. The zero-order chi connectivity index (χ0) is 16.6. The predicted molar refractivity (Wildman–Crippen MR) is 91.4 cm³/mol. The lowest BCUT2D eigenvalue weighted by Crippen LogP contribution is -3.08. The molecule has 0 radical (unpaired) electrons. The fourth-order valence-electron chi connectivity index (χ4n) is 2.75. The number of amides is 2. The molecule has 2 aromatic rings. The van der Waals surface area contributed by atoms with Gasteiger partial charge in [-0.2, -0.15) is 0 Å². The van der Waals surface area contributed by atoms with Gasteiger partial charge in [-0.25, -0.2) is 0 Å². The van der Waals surface area contributed by atoms with Crippen LogP contribution in [-0.4, -0.2) is 25.4 Å². The molecule has 4 N–H and O–H groups in total. The van der Waals surface area contributed by atoms with Gasteiger partial charge in [0.2, 0.25) is 0 Å². The smallest absolute Gasteiger partial charge is 0.256 e. The number of carbonyl (C=O) groups excluding carboxylic acids is 2. The molecule has 0 spiro atoms. The Bertz CT molecular complexity index is 770. The number of hydrogen-bond donors (Lipinski definition) is 3. The summed E-state index contributed by atoms with van der Waals surface area (Å²) < 4.78 is 0. The number of anilines is 1. The van der Waals surface area contributed by atoms with Crippen LogP contribution in [0.3, 0.4) is 0 Å². The van der Waals surface area contributed by atoms with Crippen molar-refractivity contribution in [2.24, 2.45) is 5.73 Å². The summed E-state index contributed by atoms with van der Waals surface area (Å²) in [6, 6.07) is 6.60. The lowest BCUT2D eigenvalue weighted by molar-refractivity contribution is -0.895. The van der Waals surface area contributed by atoms with E-state index in [4.69, 9.17) is 17.3 Å². The molecule has 120 valence electrons. The normalized spacial score (nSPS) is 16.7. The minimum absolute atomic E-state index is 0.275. The van der Waals surface area contributed by atoms with Gasteiger partial charge in [0.1, 0.15) is 11.5 Å². The molecule has 1 aliphatic heterocycles. The second-order valence-corrected chi connectivity index (χ2v) is 7.21. The van der Waals surface area contributed by atoms with E-state index >= 15 is 0 Å². The molecule has 1 aromatic carbocycles. The maximum absolute atomic E-state index is 12.4. The number of hydrogen-bond acceptors (Lipinski definition) is 3. The highest BCUT2D eigenvalue weighted by Crippen LogP contribution is 2.34. The lowest BCUT2D eigenvalue weighted by Gasteiger charge is -2.19. The number of quaternary nitrogens is 1. The Morgan fingerprint density at radius 2 is 2.00 bits per heavy atom. The Balaban J connectivity index is 1.92. The van der Waals surface area contributed by atoms with Crippen LogP contribution in [0.2, 0.25) is 5.02 Å². The van der Waals surface area contributed by atoms with Crippen molar-refractivity contribution in [3.05, 3.63) is 50.9 Å². The zero-order valence-electron chi connectivity index (χ0n) is 12.6. The summed E-state index contributed by atoms with van der Waals surface area (Å²) in [7, 11) is 2.11. The van der Waals surface area contributed by atoms with Crippen LogP contribution in [0, 0.1) is 0 Å². The number of nitrogens with two attached hydrogens (primary N) is 1. The fourth-order valence-corrected chi connectivity index (χ4v) is 4.23. The number of fused-ring (bicyclic) bond motifs is 1. The van der Waals surface area contributed by atoms with Gasteiger partial charge < -0.3 is 16.0 Å². The topological polar surface area (TPSA) is 76.6 Å². The van der Waals surface area contributed by atoms with Gasteiger partial charge in [-0.3, -0.25) is 9.59 Å². The molecule has 0 saturated carbocycles. The molecule has 23 heavy (non-hydrogen) atoms. The van der Waals surface area contributed by atoms with Crippen molar-refractivity contribution >= 4 is 39.8 Å². The molecule has 1 aliphatic rings. The highest BCUT2D eigenvalue weighted by atomic mass is 35.5. The van der Waals surface area contributed by atoms with E-state index in [0.717, 1.165) is 30.0 Å². The van der Waals surface area contributed by atoms with Crippen molar-refractivity contribution in [1.82, 2.24) is 0 Å². The Morgan fingerprint density at radius 1 is 1.30 bits per heavy atom. The second kappa shape index (κ2) is 6.31. The van der Waals surface area contributed by atoms with Gasteiger partial charge in [0.05, 0.1) is 24.0 Å². The molecule has 0 fully saturated rings. The summed E-state index contributed by atoms with van der Waals surface area (Å²) in [6.07, 6.45) is 0.798. The Hall–Kier alpha value is -1.89. The van der Waals surface area contributed by atoms with Crippen molar-refractivity contribution in [3.8, 4) is 0 Å². The molecule has 0 saturated heterocycles. The van der Waals surface area contributed by atoms with Crippen LogP contribution >= 0.6 is 22.9 Å². The molecule has 1 atom stereocenters. The average molecular weight is 351 g/mol. The van der Waals surface area contributed by atoms with E-state index in [-0.39, 0.29) is 5.91 Å². The van der Waals surface area contributed by atoms with Crippen LogP contribution in [0.4, 0.5) is 5.00 Å². The van der Waals surface area contributed by atoms with Gasteiger partial charge in [-0.05, 0) is 29.8 Å². The van der Waals surface area contributed by atoms with E-state index in [1.807, 2.05) is 0 Å². The van der Waals surface area contributed by atoms with Crippen molar-refractivity contribution in [2.45, 2.75) is 13.0 Å². The van der Waals surface area contributed by atoms with Gasteiger partial charge in [0.15, 0.2) is 0 Å². The van der Waals surface area contributed by atoms with Gasteiger partial charge in [-0.1, -0.05) is 11.6 Å². The molecule has 3 rings (SSSR count).